The van der Waals surface area contributed by atoms with Crippen molar-refractivity contribution in [3.8, 4) is 17.2 Å². The van der Waals surface area contributed by atoms with Gasteiger partial charge in [0.25, 0.3) is 0 Å². The van der Waals surface area contributed by atoms with Gasteiger partial charge in [-0.25, -0.2) is 0 Å². The number of ether oxygens (including phenoxy) is 2. The molecule has 3 heterocycles. The number of carbonyl (C=O) groups excluding carboxylic acids is 1. The van der Waals surface area contributed by atoms with Gasteiger partial charge in [0.15, 0.2) is 0 Å². The molecule has 2 aliphatic heterocycles. The molecule has 0 saturated carbocycles. The molecule has 5 heteroatoms. The Labute approximate surface area is 169 Å². The summed E-state index contributed by atoms with van der Waals surface area (Å²) in [4.78, 5) is 19.7. The summed E-state index contributed by atoms with van der Waals surface area (Å²) < 4.78 is 12.1. The molecule has 1 aromatic heterocycles. The van der Waals surface area contributed by atoms with E-state index in [1.165, 1.54) is 0 Å². The van der Waals surface area contributed by atoms with E-state index >= 15 is 0 Å². The molecule has 0 bridgehead atoms. The third-order valence-corrected chi connectivity index (χ3v) is 5.57. The van der Waals surface area contributed by atoms with Crippen molar-refractivity contribution < 1.29 is 14.3 Å². The third-order valence-electron chi connectivity index (χ3n) is 5.57. The van der Waals surface area contributed by atoms with Crippen molar-refractivity contribution in [2.24, 2.45) is 0 Å². The van der Waals surface area contributed by atoms with Gasteiger partial charge >= 0.3 is 0 Å². The molecule has 146 valence electrons. The lowest BCUT2D eigenvalue weighted by Crippen LogP contribution is -2.46. The number of nitrogens with zero attached hydrogens (tertiary/aromatic N) is 2. The highest BCUT2D eigenvalue weighted by atomic mass is 16.5. The maximum atomic E-state index is 13.7. The van der Waals surface area contributed by atoms with Crippen molar-refractivity contribution in [1.29, 1.82) is 0 Å². The van der Waals surface area contributed by atoms with Crippen LogP contribution in [0.15, 0.2) is 73.1 Å². The topological polar surface area (TPSA) is 51.7 Å². The highest BCUT2D eigenvalue weighted by Crippen LogP contribution is 2.44. The summed E-state index contributed by atoms with van der Waals surface area (Å²) in [6, 6.07) is 19.3. The van der Waals surface area contributed by atoms with Crippen LogP contribution in [0.5, 0.6) is 17.2 Å². The lowest BCUT2D eigenvalue weighted by Gasteiger charge is -2.36. The number of amides is 1. The number of hydrogen-bond donors (Lipinski definition) is 0. The molecular formula is C24H22N2O3. The predicted molar refractivity (Wildman–Crippen MR) is 109 cm³/mol. The second-order valence-corrected chi connectivity index (χ2v) is 7.46. The highest BCUT2D eigenvalue weighted by molar-refractivity contribution is 5.89. The van der Waals surface area contributed by atoms with E-state index in [1.807, 2.05) is 65.6 Å². The van der Waals surface area contributed by atoms with Crippen LogP contribution >= 0.6 is 0 Å². The number of carbonyl (C=O) groups is 1. The molecule has 1 fully saturated rings. The fourth-order valence-corrected chi connectivity index (χ4v) is 4.20. The zero-order chi connectivity index (χ0) is 19.6. The summed E-state index contributed by atoms with van der Waals surface area (Å²) in [5.41, 5.74) is 1.85. The number of rotatable bonds is 3. The standard InChI is InChI=1S/C24H22N2O3/c27-24(26-15-5-6-18(16-26)28-17-11-13-25-14-12-17)23-19-7-1-3-9-21(19)29-22-10-4-2-8-20(22)23/h1-4,7-14,18,23H,5-6,15-16H2. The van der Waals surface area contributed by atoms with Crippen molar-refractivity contribution in [1.82, 2.24) is 9.88 Å². The molecule has 0 spiro atoms. The fourth-order valence-electron chi connectivity index (χ4n) is 4.20. The van der Waals surface area contributed by atoms with E-state index in [0.29, 0.717) is 6.54 Å². The number of hydrogen-bond acceptors (Lipinski definition) is 4. The number of fused-ring (bicyclic) bond motifs is 2. The molecule has 1 atom stereocenters. The maximum Gasteiger partial charge on any atom is 0.234 e. The van der Waals surface area contributed by atoms with Gasteiger partial charge < -0.3 is 14.4 Å². The number of likely N-dealkylation sites (tertiary alicyclic amines) is 1. The van der Waals surface area contributed by atoms with Gasteiger partial charge in [-0.2, -0.15) is 0 Å². The van der Waals surface area contributed by atoms with Crippen molar-refractivity contribution in [3.05, 3.63) is 84.2 Å². The second-order valence-electron chi connectivity index (χ2n) is 7.46. The van der Waals surface area contributed by atoms with Gasteiger partial charge in [-0.15, -0.1) is 0 Å². The van der Waals surface area contributed by atoms with E-state index in [2.05, 4.69) is 4.98 Å². The molecule has 5 rings (SSSR count). The first-order chi connectivity index (χ1) is 14.3. The van der Waals surface area contributed by atoms with Crippen LogP contribution < -0.4 is 9.47 Å². The van der Waals surface area contributed by atoms with Crippen LogP contribution in [-0.4, -0.2) is 35.0 Å². The zero-order valence-corrected chi connectivity index (χ0v) is 16.0. The predicted octanol–water partition coefficient (Wildman–Crippen LogP) is 4.39. The van der Waals surface area contributed by atoms with Gasteiger partial charge in [0.05, 0.1) is 12.5 Å². The molecule has 2 aliphatic rings. The Hall–Kier alpha value is -3.34. The van der Waals surface area contributed by atoms with Crippen LogP contribution in [0.2, 0.25) is 0 Å². The minimum absolute atomic E-state index is 0.0135. The van der Waals surface area contributed by atoms with Gasteiger partial charge in [0.1, 0.15) is 23.4 Å². The largest absolute Gasteiger partial charge is 0.488 e. The molecule has 29 heavy (non-hydrogen) atoms. The Kier molecular flexibility index (Phi) is 4.64. The minimum atomic E-state index is -0.351. The molecule has 0 radical (unpaired) electrons. The zero-order valence-electron chi connectivity index (χ0n) is 16.0. The summed E-state index contributed by atoms with van der Waals surface area (Å²) >= 11 is 0. The SMILES string of the molecule is O=C(C1c2ccccc2Oc2ccccc21)N1CCCC(Oc2ccncc2)C1. The van der Waals surface area contributed by atoms with E-state index in [1.54, 1.807) is 12.4 Å². The van der Waals surface area contributed by atoms with Crippen molar-refractivity contribution in [3.63, 3.8) is 0 Å². The van der Waals surface area contributed by atoms with E-state index in [-0.39, 0.29) is 17.9 Å². The van der Waals surface area contributed by atoms with Gasteiger partial charge in [-0.1, -0.05) is 36.4 Å². The Morgan fingerprint density at radius 1 is 0.966 bits per heavy atom. The van der Waals surface area contributed by atoms with Crippen LogP contribution in [0.3, 0.4) is 0 Å². The van der Waals surface area contributed by atoms with Crippen LogP contribution in [0, 0.1) is 0 Å². The van der Waals surface area contributed by atoms with E-state index in [4.69, 9.17) is 9.47 Å². The maximum absolute atomic E-state index is 13.7. The quantitative estimate of drug-likeness (QED) is 0.670. The summed E-state index contributed by atoms with van der Waals surface area (Å²) in [5.74, 6) is 2.06. The Morgan fingerprint density at radius 3 is 2.31 bits per heavy atom. The molecule has 1 unspecified atom stereocenters. The smallest absolute Gasteiger partial charge is 0.234 e. The van der Waals surface area contributed by atoms with Crippen molar-refractivity contribution >= 4 is 5.91 Å². The first-order valence-corrected chi connectivity index (χ1v) is 10.0. The molecule has 1 amide bonds. The first kappa shape index (κ1) is 17.7. The van der Waals surface area contributed by atoms with Gasteiger partial charge in [0, 0.05) is 30.1 Å². The Morgan fingerprint density at radius 2 is 1.62 bits per heavy atom. The summed E-state index contributed by atoms with van der Waals surface area (Å²) in [6.07, 6.45) is 5.29. The first-order valence-electron chi connectivity index (χ1n) is 10.0. The summed E-state index contributed by atoms with van der Waals surface area (Å²) in [6.45, 7) is 1.33. The van der Waals surface area contributed by atoms with Crippen LogP contribution in [-0.2, 0) is 4.79 Å². The average Bonchev–Trinajstić information content (AvgIpc) is 2.78. The molecule has 1 saturated heterocycles. The highest BCUT2D eigenvalue weighted by Gasteiger charge is 2.36. The molecule has 0 aliphatic carbocycles. The second kappa shape index (κ2) is 7.59. The van der Waals surface area contributed by atoms with E-state index in [9.17, 15) is 4.79 Å². The molecule has 0 N–H and O–H groups in total. The molecule has 2 aromatic carbocycles. The lowest BCUT2D eigenvalue weighted by atomic mass is 9.86. The Balaban J connectivity index is 1.41. The number of aromatic nitrogens is 1. The molecular weight excluding hydrogens is 364 g/mol. The van der Waals surface area contributed by atoms with Crippen molar-refractivity contribution in [2.45, 2.75) is 24.9 Å². The normalized spacial score (nSPS) is 18.3. The average molecular weight is 386 g/mol. The van der Waals surface area contributed by atoms with Crippen LogP contribution in [0.4, 0.5) is 0 Å². The van der Waals surface area contributed by atoms with Gasteiger partial charge in [0.2, 0.25) is 5.91 Å². The van der Waals surface area contributed by atoms with Crippen LogP contribution in [0.1, 0.15) is 29.9 Å². The number of para-hydroxylation sites is 2. The monoisotopic (exact) mass is 386 g/mol. The van der Waals surface area contributed by atoms with Gasteiger partial charge in [-0.3, -0.25) is 9.78 Å². The molecule has 5 nitrogen and oxygen atoms in total. The molecule has 3 aromatic rings. The number of benzene rings is 2. The number of piperidine rings is 1. The minimum Gasteiger partial charge on any atom is -0.488 e. The van der Waals surface area contributed by atoms with Gasteiger partial charge in [-0.05, 0) is 37.1 Å². The van der Waals surface area contributed by atoms with E-state index < -0.39 is 0 Å². The summed E-state index contributed by atoms with van der Waals surface area (Å²) in [7, 11) is 0. The van der Waals surface area contributed by atoms with Crippen LogP contribution in [0.25, 0.3) is 0 Å². The van der Waals surface area contributed by atoms with E-state index in [0.717, 1.165) is 47.8 Å². The number of pyridine rings is 1. The third kappa shape index (κ3) is 3.44. The summed E-state index contributed by atoms with van der Waals surface area (Å²) in [5, 5.41) is 0. The fraction of sp³-hybridized carbons (Fsp3) is 0.250. The van der Waals surface area contributed by atoms with Crippen molar-refractivity contribution in [2.75, 3.05) is 13.1 Å². The Bertz CT molecular complexity index is 976. The lowest BCUT2D eigenvalue weighted by molar-refractivity contribution is -0.134.